The minimum Gasteiger partial charge on any atom is -0.494 e. The quantitative estimate of drug-likeness (QED) is 0.0990. The first kappa shape index (κ1) is 28.7. The van der Waals surface area contributed by atoms with E-state index in [2.05, 4.69) is 27.1 Å². The third-order valence-corrected chi connectivity index (χ3v) is 7.82. The topological polar surface area (TPSA) is 106 Å². The van der Waals surface area contributed by atoms with E-state index in [0.717, 1.165) is 86.4 Å². The second-order valence-corrected chi connectivity index (χ2v) is 10.7. The van der Waals surface area contributed by atoms with Crippen LogP contribution in [-0.2, 0) is 11.2 Å². The standard InChI is InChI=1S/C29H39N5O4S/c1-33(2)29-31-27(26(39-29)14-15-34-16-20-36-21-17-34)22-6-10-24(11-7-22)37-18-4-3-5-19-38-25-12-8-23(9-13-25)28(30)32-35/h6-13,35H,3-5,14-21H2,1-2H3,(H2,30,32). The van der Waals surface area contributed by atoms with Gasteiger partial charge in [-0.1, -0.05) is 5.16 Å². The molecule has 0 radical (unpaired) electrons. The highest BCUT2D eigenvalue weighted by Gasteiger charge is 2.17. The van der Waals surface area contributed by atoms with E-state index in [1.165, 1.54) is 4.88 Å². The Balaban J connectivity index is 1.20. The van der Waals surface area contributed by atoms with Crippen LogP contribution in [0.2, 0.25) is 0 Å². The van der Waals surface area contributed by atoms with Crippen LogP contribution in [0, 0.1) is 0 Å². The maximum absolute atomic E-state index is 8.73. The van der Waals surface area contributed by atoms with E-state index in [1.54, 1.807) is 23.5 Å². The first-order chi connectivity index (χ1) is 19.0. The van der Waals surface area contributed by atoms with Crippen LogP contribution in [0.5, 0.6) is 11.5 Å². The third-order valence-electron chi connectivity index (χ3n) is 6.54. The summed E-state index contributed by atoms with van der Waals surface area (Å²) in [6.07, 6.45) is 3.90. The van der Waals surface area contributed by atoms with Gasteiger partial charge >= 0.3 is 0 Å². The zero-order valence-corrected chi connectivity index (χ0v) is 23.7. The summed E-state index contributed by atoms with van der Waals surface area (Å²) in [5, 5.41) is 12.8. The molecule has 9 nitrogen and oxygen atoms in total. The van der Waals surface area contributed by atoms with Gasteiger partial charge in [0.1, 0.15) is 11.5 Å². The molecule has 0 amide bonds. The van der Waals surface area contributed by atoms with E-state index in [0.29, 0.717) is 18.8 Å². The van der Waals surface area contributed by atoms with Gasteiger partial charge in [0.25, 0.3) is 0 Å². The molecule has 0 atom stereocenters. The van der Waals surface area contributed by atoms with E-state index in [1.807, 2.05) is 38.4 Å². The SMILES string of the molecule is CN(C)c1nc(-c2ccc(OCCCCCOc3ccc(/C(N)=N\O)cc3)cc2)c(CCN2CCOCC2)s1. The summed E-state index contributed by atoms with van der Waals surface area (Å²) in [4.78, 5) is 10.8. The Kier molecular flexibility index (Phi) is 10.8. The van der Waals surface area contributed by atoms with Gasteiger partial charge in [-0.2, -0.15) is 0 Å². The number of amidine groups is 1. The number of morpholine rings is 1. The Morgan fingerprint density at radius 1 is 1.00 bits per heavy atom. The Hall–Kier alpha value is -3.34. The maximum Gasteiger partial charge on any atom is 0.185 e. The van der Waals surface area contributed by atoms with Crippen molar-refractivity contribution in [2.75, 3.05) is 65.1 Å². The highest BCUT2D eigenvalue weighted by molar-refractivity contribution is 7.16. The summed E-state index contributed by atoms with van der Waals surface area (Å²) >= 11 is 1.78. The fraction of sp³-hybridized carbons (Fsp3) is 0.448. The molecule has 1 aliphatic heterocycles. The third kappa shape index (κ3) is 8.58. The Labute approximate surface area is 234 Å². The molecule has 10 heteroatoms. The van der Waals surface area contributed by atoms with Crippen molar-refractivity contribution < 1.29 is 19.4 Å². The summed E-state index contributed by atoms with van der Waals surface area (Å²) in [6, 6.07) is 15.5. The molecular formula is C29H39N5O4S. The van der Waals surface area contributed by atoms with Gasteiger partial charge in [-0.05, 0) is 74.2 Å². The molecule has 1 saturated heterocycles. The molecular weight excluding hydrogens is 514 g/mol. The molecule has 0 unspecified atom stereocenters. The second-order valence-electron chi connectivity index (χ2n) is 9.66. The number of oxime groups is 1. The Morgan fingerprint density at radius 2 is 1.62 bits per heavy atom. The smallest absolute Gasteiger partial charge is 0.185 e. The molecule has 39 heavy (non-hydrogen) atoms. The number of unbranched alkanes of at least 4 members (excludes halogenated alkanes) is 2. The molecule has 0 bridgehead atoms. The van der Waals surface area contributed by atoms with Crippen LogP contribution in [0.15, 0.2) is 53.7 Å². The number of hydrogen-bond donors (Lipinski definition) is 2. The Morgan fingerprint density at radius 3 is 2.21 bits per heavy atom. The molecule has 2 heterocycles. The molecule has 3 aromatic rings. The molecule has 1 fully saturated rings. The van der Waals surface area contributed by atoms with Crippen molar-refractivity contribution >= 4 is 22.3 Å². The molecule has 4 rings (SSSR count). The van der Waals surface area contributed by atoms with Crippen molar-refractivity contribution in [1.82, 2.24) is 9.88 Å². The van der Waals surface area contributed by atoms with Crippen LogP contribution in [0.3, 0.4) is 0 Å². The largest absolute Gasteiger partial charge is 0.494 e. The number of nitrogens with two attached hydrogens (primary N) is 1. The molecule has 3 N–H and O–H groups in total. The second kappa shape index (κ2) is 14.7. The minimum atomic E-state index is 0.0852. The van der Waals surface area contributed by atoms with Gasteiger partial charge in [-0.25, -0.2) is 4.98 Å². The number of benzene rings is 2. The van der Waals surface area contributed by atoms with Gasteiger partial charge in [0.15, 0.2) is 11.0 Å². The monoisotopic (exact) mass is 553 g/mol. The minimum absolute atomic E-state index is 0.0852. The first-order valence-corrected chi connectivity index (χ1v) is 14.3. The number of thiazole rings is 1. The number of rotatable bonds is 14. The van der Waals surface area contributed by atoms with Crippen LogP contribution in [0.4, 0.5) is 5.13 Å². The molecule has 210 valence electrons. The lowest BCUT2D eigenvalue weighted by Gasteiger charge is -2.26. The average Bonchev–Trinajstić information content (AvgIpc) is 3.41. The summed E-state index contributed by atoms with van der Waals surface area (Å²) in [7, 11) is 4.08. The summed E-state index contributed by atoms with van der Waals surface area (Å²) < 4.78 is 17.2. The molecule has 1 aliphatic rings. The van der Waals surface area contributed by atoms with E-state index < -0.39 is 0 Å². The van der Waals surface area contributed by atoms with E-state index in [9.17, 15) is 0 Å². The van der Waals surface area contributed by atoms with Crippen molar-refractivity contribution in [1.29, 1.82) is 0 Å². The van der Waals surface area contributed by atoms with Crippen LogP contribution in [-0.4, -0.2) is 81.1 Å². The first-order valence-electron chi connectivity index (χ1n) is 13.4. The zero-order chi connectivity index (χ0) is 27.5. The zero-order valence-electron chi connectivity index (χ0n) is 22.8. The normalized spacial score (nSPS) is 14.4. The number of nitrogens with zero attached hydrogens (tertiary/aromatic N) is 4. The van der Waals surface area contributed by atoms with Crippen molar-refractivity contribution in [3.8, 4) is 22.8 Å². The van der Waals surface area contributed by atoms with Crippen LogP contribution >= 0.6 is 11.3 Å². The van der Waals surface area contributed by atoms with Gasteiger partial charge in [0.05, 0.1) is 32.1 Å². The van der Waals surface area contributed by atoms with Crippen molar-refractivity contribution in [2.24, 2.45) is 10.9 Å². The molecule has 0 spiro atoms. The fourth-order valence-corrected chi connectivity index (χ4v) is 5.25. The van der Waals surface area contributed by atoms with Gasteiger partial charge in [-0.15, -0.1) is 11.3 Å². The molecule has 2 aromatic carbocycles. The lowest BCUT2D eigenvalue weighted by molar-refractivity contribution is 0.0385. The van der Waals surface area contributed by atoms with E-state index in [4.69, 9.17) is 30.1 Å². The predicted molar refractivity (Wildman–Crippen MR) is 157 cm³/mol. The highest BCUT2D eigenvalue weighted by atomic mass is 32.1. The van der Waals surface area contributed by atoms with Gasteiger partial charge < -0.3 is 30.1 Å². The average molecular weight is 554 g/mol. The summed E-state index contributed by atoms with van der Waals surface area (Å²) in [6.45, 7) is 5.97. The van der Waals surface area contributed by atoms with Crippen LogP contribution in [0.25, 0.3) is 11.3 Å². The van der Waals surface area contributed by atoms with Gasteiger partial charge in [0.2, 0.25) is 0 Å². The number of aromatic nitrogens is 1. The van der Waals surface area contributed by atoms with Crippen LogP contribution in [0.1, 0.15) is 29.7 Å². The Bertz CT molecular complexity index is 1180. The number of anilines is 1. The molecule has 1 aromatic heterocycles. The van der Waals surface area contributed by atoms with E-state index >= 15 is 0 Å². The fourth-order valence-electron chi connectivity index (χ4n) is 4.26. The van der Waals surface area contributed by atoms with Crippen LogP contribution < -0.4 is 20.1 Å². The number of hydrogen-bond acceptors (Lipinski definition) is 9. The lowest BCUT2D eigenvalue weighted by Crippen LogP contribution is -2.37. The van der Waals surface area contributed by atoms with Gasteiger partial charge in [-0.3, -0.25) is 4.90 Å². The van der Waals surface area contributed by atoms with Gasteiger partial charge in [0, 0.05) is 49.7 Å². The lowest BCUT2D eigenvalue weighted by atomic mass is 10.1. The summed E-state index contributed by atoms with van der Waals surface area (Å²) in [5.41, 5.74) is 8.43. The number of ether oxygens (including phenoxy) is 3. The predicted octanol–water partition coefficient (Wildman–Crippen LogP) is 4.47. The van der Waals surface area contributed by atoms with E-state index in [-0.39, 0.29) is 5.84 Å². The maximum atomic E-state index is 8.73. The van der Waals surface area contributed by atoms with Crippen molar-refractivity contribution in [2.45, 2.75) is 25.7 Å². The highest BCUT2D eigenvalue weighted by Crippen LogP contribution is 2.33. The molecule has 0 aliphatic carbocycles. The summed E-state index contributed by atoms with van der Waals surface area (Å²) in [5.74, 6) is 1.73. The van der Waals surface area contributed by atoms with Crippen molar-refractivity contribution in [3.63, 3.8) is 0 Å². The van der Waals surface area contributed by atoms with Crippen molar-refractivity contribution in [3.05, 3.63) is 59.0 Å². The molecule has 0 saturated carbocycles.